The fourth-order valence-electron chi connectivity index (χ4n) is 1.02. The molecule has 0 amide bonds. The van der Waals surface area contributed by atoms with Gasteiger partial charge in [-0.2, -0.15) is 11.8 Å². The van der Waals surface area contributed by atoms with E-state index in [9.17, 15) is 0 Å². The van der Waals surface area contributed by atoms with E-state index in [1.807, 2.05) is 11.8 Å². The molecule has 13 heavy (non-hydrogen) atoms. The lowest BCUT2D eigenvalue weighted by Gasteiger charge is -2.15. The number of rotatable bonds is 9. The predicted octanol–water partition coefficient (Wildman–Crippen LogP) is 0.726. The topological polar surface area (TPSA) is 41.5 Å². The number of hydrogen-bond donors (Lipinski definition) is 2. The van der Waals surface area contributed by atoms with E-state index in [4.69, 9.17) is 9.84 Å². The van der Waals surface area contributed by atoms with E-state index < -0.39 is 0 Å². The molecule has 3 nitrogen and oxygen atoms in total. The smallest absolute Gasteiger partial charge is 0.0698 e. The monoisotopic (exact) mass is 207 g/mol. The van der Waals surface area contributed by atoms with Gasteiger partial charge >= 0.3 is 0 Å². The largest absolute Gasteiger partial charge is 0.394 e. The van der Waals surface area contributed by atoms with Crippen LogP contribution in [0.5, 0.6) is 0 Å². The second kappa shape index (κ2) is 10.3. The van der Waals surface area contributed by atoms with Crippen LogP contribution in [0.4, 0.5) is 0 Å². The van der Waals surface area contributed by atoms with E-state index in [1.54, 1.807) is 0 Å². The van der Waals surface area contributed by atoms with Gasteiger partial charge in [-0.25, -0.2) is 0 Å². The van der Waals surface area contributed by atoms with Crippen LogP contribution in [0.3, 0.4) is 0 Å². The highest BCUT2D eigenvalue weighted by Gasteiger charge is 2.02. The SMILES string of the molecule is CCC(CSC)NCCOCCO. The molecule has 0 aliphatic heterocycles. The van der Waals surface area contributed by atoms with Crippen LogP contribution in [0.25, 0.3) is 0 Å². The molecule has 0 aliphatic carbocycles. The summed E-state index contributed by atoms with van der Waals surface area (Å²) < 4.78 is 5.14. The Bertz CT molecular complexity index is 104. The second-order valence-corrected chi connectivity index (χ2v) is 3.76. The third kappa shape index (κ3) is 8.56. The molecule has 4 heteroatoms. The highest BCUT2D eigenvalue weighted by atomic mass is 32.2. The van der Waals surface area contributed by atoms with Gasteiger partial charge in [-0.1, -0.05) is 6.92 Å². The van der Waals surface area contributed by atoms with Gasteiger partial charge in [0.05, 0.1) is 19.8 Å². The summed E-state index contributed by atoms with van der Waals surface area (Å²) in [5.74, 6) is 1.15. The Morgan fingerprint density at radius 1 is 1.46 bits per heavy atom. The van der Waals surface area contributed by atoms with Crippen molar-refractivity contribution in [3.05, 3.63) is 0 Å². The summed E-state index contributed by atoms with van der Waals surface area (Å²) in [5.41, 5.74) is 0. The van der Waals surface area contributed by atoms with Crippen LogP contribution in [0, 0.1) is 0 Å². The molecular formula is C9H21NO2S. The average molecular weight is 207 g/mol. The zero-order valence-corrected chi connectivity index (χ0v) is 9.40. The second-order valence-electron chi connectivity index (χ2n) is 2.85. The van der Waals surface area contributed by atoms with E-state index in [1.165, 1.54) is 0 Å². The number of nitrogens with one attached hydrogen (secondary N) is 1. The Hall–Kier alpha value is 0.230. The highest BCUT2D eigenvalue weighted by molar-refractivity contribution is 7.98. The van der Waals surface area contributed by atoms with Crippen molar-refractivity contribution in [2.45, 2.75) is 19.4 Å². The minimum absolute atomic E-state index is 0.113. The minimum atomic E-state index is 0.113. The number of aliphatic hydroxyl groups is 1. The van der Waals surface area contributed by atoms with Crippen LogP contribution in [0.1, 0.15) is 13.3 Å². The van der Waals surface area contributed by atoms with Gasteiger partial charge in [0.1, 0.15) is 0 Å². The molecule has 0 aliphatic rings. The Morgan fingerprint density at radius 2 is 2.23 bits per heavy atom. The Balaban J connectivity index is 3.17. The summed E-state index contributed by atoms with van der Waals surface area (Å²) in [4.78, 5) is 0. The van der Waals surface area contributed by atoms with Crippen molar-refractivity contribution in [1.29, 1.82) is 0 Å². The summed E-state index contributed by atoms with van der Waals surface area (Å²) in [7, 11) is 0. The van der Waals surface area contributed by atoms with Crippen molar-refractivity contribution in [1.82, 2.24) is 5.32 Å². The molecule has 1 atom stereocenters. The molecule has 0 aromatic carbocycles. The van der Waals surface area contributed by atoms with Gasteiger partial charge < -0.3 is 15.2 Å². The lowest BCUT2D eigenvalue weighted by Crippen LogP contribution is -2.33. The van der Waals surface area contributed by atoms with Crippen LogP contribution in [0.15, 0.2) is 0 Å². The van der Waals surface area contributed by atoms with E-state index in [-0.39, 0.29) is 6.61 Å². The highest BCUT2D eigenvalue weighted by Crippen LogP contribution is 2.00. The van der Waals surface area contributed by atoms with E-state index >= 15 is 0 Å². The van der Waals surface area contributed by atoms with Crippen LogP contribution >= 0.6 is 11.8 Å². The maximum atomic E-state index is 8.46. The molecule has 0 bridgehead atoms. The minimum Gasteiger partial charge on any atom is -0.394 e. The predicted molar refractivity (Wildman–Crippen MR) is 58.4 cm³/mol. The van der Waals surface area contributed by atoms with Crippen LogP contribution in [0.2, 0.25) is 0 Å². The first-order valence-electron chi connectivity index (χ1n) is 4.76. The standard InChI is InChI=1S/C9H21NO2S/c1-3-9(8-13-2)10-4-6-12-7-5-11/h9-11H,3-8H2,1-2H3. The van der Waals surface area contributed by atoms with Gasteiger partial charge in [-0.15, -0.1) is 0 Å². The summed E-state index contributed by atoms with van der Waals surface area (Å²) in [5, 5.41) is 11.9. The van der Waals surface area contributed by atoms with Gasteiger partial charge in [0.2, 0.25) is 0 Å². The van der Waals surface area contributed by atoms with Crippen molar-refractivity contribution in [3.8, 4) is 0 Å². The summed E-state index contributed by atoms with van der Waals surface area (Å²) >= 11 is 1.86. The van der Waals surface area contributed by atoms with E-state index in [0.29, 0.717) is 19.3 Å². The maximum Gasteiger partial charge on any atom is 0.0698 e. The van der Waals surface area contributed by atoms with Crippen molar-refractivity contribution in [2.75, 3.05) is 38.4 Å². The third-order valence-corrected chi connectivity index (χ3v) is 2.51. The number of aliphatic hydroxyl groups excluding tert-OH is 1. The molecule has 2 N–H and O–H groups in total. The molecule has 0 spiro atoms. The summed E-state index contributed by atoms with van der Waals surface area (Å²) in [6, 6.07) is 0.590. The van der Waals surface area contributed by atoms with Gasteiger partial charge in [0, 0.05) is 18.3 Å². The molecule has 0 heterocycles. The quantitative estimate of drug-likeness (QED) is 0.547. The van der Waals surface area contributed by atoms with Crippen molar-refractivity contribution < 1.29 is 9.84 Å². The zero-order valence-electron chi connectivity index (χ0n) is 8.58. The number of thioether (sulfide) groups is 1. The van der Waals surface area contributed by atoms with Gasteiger partial charge in [-0.05, 0) is 12.7 Å². The van der Waals surface area contributed by atoms with Crippen molar-refractivity contribution in [3.63, 3.8) is 0 Å². The first kappa shape index (κ1) is 13.2. The Morgan fingerprint density at radius 3 is 2.77 bits per heavy atom. The summed E-state index contributed by atoms with van der Waals surface area (Å²) in [6.45, 7) is 4.30. The number of ether oxygens (including phenoxy) is 1. The molecule has 0 radical (unpaired) electrons. The van der Waals surface area contributed by atoms with Crippen LogP contribution in [-0.2, 0) is 4.74 Å². The van der Waals surface area contributed by atoms with Gasteiger partial charge in [0.15, 0.2) is 0 Å². The van der Waals surface area contributed by atoms with Crippen molar-refractivity contribution >= 4 is 11.8 Å². The lowest BCUT2D eigenvalue weighted by molar-refractivity contribution is 0.0928. The average Bonchev–Trinajstić information content (AvgIpc) is 2.16. The van der Waals surface area contributed by atoms with Crippen LogP contribution < -0.4 is 5.32 Å². The van der Waals surface area contributed by atoms with Gasteiger partial charge in [-0.3, -0.25) is 0 Å². The molecule has 0 saturated carbocycles. The molecule has 1 unspecified atom stereocenters. The first-order chi connectivity index (χ1) is 6.35. The van der Waals surface area contributed by atoms with Gasteiger partial charge in [0.25, 0.3) is 0 Å². The molecule has 0 aromatic heterocycles. The molecule has 0 rings (SSSR count). The molecule has 0 saturated heterocycles. The van der Waals surface area contributed by atoms with Crippen LogP contribution in [-0.4, -0.2) is 49.5 Å². The molecule has 0 fully saturated rings. The number of hydrogen-bond acceptors (Lipinski definition) is 4. The first-order valence-corrected chi connectivity index (χ1v) is 6.15. The van der Waals surface area contributed by atoms with E-state index in [0.717, 1.165) is 18.7 Å². The van der Waals surface area contributed by atoms with Crippen molar-refractivity contribution in [2.24, 2.45) is 0 Å². The zero-order chi connectivity index (χ0) is 9.94. The maximum absolute atomic E-state index is 8.46. The fourth-order valence-corrected chi connectivity index (χ4v) is 1.78. The summed E-state index contributed by atoms with van der Waals surface area (Å²) in [6.07, 6.45) is 3.27. The Kier molecular flexibility index (Phi) is 10.5. The lowest BCUT2D eigenvalue weighted by atomic mass is 10.2. The van der Waals surface area contributed by atoms with E-state index in [2.05, 4.69) is 18.5 Å². The Labute approximate surface area is 85.2 Å². The normalized spacial score (nSPS) is 13.2. The third-order valence-electron chi connectivity index (χ3n) is 1.78. The molecular weight excluding hydrogens is 186 g/mol. The fraction of sp³-hybridized carbons (Fsp3) is 1.00. The molecule has 80 valence electrons. The molecule has 0 aromatic rings.